The minimum absolute atomic E-state index is 0.341. The van der Waals surface area contributed by atoms with E-state index in [1.807, 2.05) is 6.08 Å². The number of rotatable bonds is 5. The van der Waals surface area contributed by atoms with Crippen LogP contribution >= 0.6 is 0 Å². The molecule has 0 saturated heterocycles. The van der Waals surface area contributed by atoms with E-state index in [1.54, 1.807) is 0 Å². The van der Waals surface area contributed by atoms with E-state index in [0.29, 0.717) is 36.1 Å². The molecule has 0 N–H and O–H groups in total. The third-order valence-corrected chi connectivity index (χ3v) is 7.10. The van der Waals surface area contributed by atoms with Gasteiger partial charge in [0.1, 0.15) is 11.6 Å². The predicted octanol–water partition coefficient (Wildman–Crippen LogP) is 8.38. The number of allylic oxidation sites excluding steroid dienone is 1. The highest BCUT2D eigenvalue weighted by Gasteiger charge is 2.25. The highest BCUT2D eigenvalue weighted by atomic mass is 19.2. The summed E-state index contributed by atoms with van der Waals surface area (Å²) in [5.74, 6) is -4.74. The molecule has 2 aliphatic rings. The van der Waals surface area contributed by atoms with E-state index < -0.39 is 34.6 Å². The van der Waals surface area contributed by atoms with Gasteiger partial charge in [-0.25, -0.2) is 22.0 Å². The molecule has 0 aromatic heterocycles. The van der Waals surface area contributed by atoms with Crippen LogP contribution in [0.1, 0.15) is 69.4 Å². The van der Waals surface area contributed by atoms with Crippen LogP contribution < -0.4 is 0 Å². The molecule has 0 amide bonds. The van der Waals surface area contributed by atoms with E-state index in [9.17, 15) is 17.6 Å². The van der Waals surface area contributed by atoms with Crippen LogP contribution in [0.3, 0.4) is 0 Å². The first-order chi connectivity index (χ1) is 14.9. The van der Waals surface area contributed by atoms with Crippen molar-refractivity contribution in [2.75, 3.05) is 0 Å². The fourth-order valence-corrected chi connectivity index (χ4v) is 5.12. The van der Waals surface area contributed by atoms with Gasteiger partial charge >= 0.3 is 0 Å². The molecule has 0 heterocycles. The zero-order valence-corrected chi connectivity index (χ0v) is 17.7. The summed E-state index contributed by atoms with van der Waals surface area (Å²) in [7, 11) is 0. The van der Waals surface area contributed by atoms with E-state index in [4.69, 9.17) is 0 Å². The Balaban J connectivity index is 1.54. The number of fused-ring (bicyclic) bond motifs is 1. The maximum absolute atomic E-state index is 15.1. The van der Waals surface area contributed by atoms with Crippen LogP contribution in [0.15, 0.2) is 23.8 Å². The van der Waals surface area contributed by atoms with E-state index in [-0.39, 0.29) is 5.56 Å². The molecule has 2 aromatic rings. The van der Waals surface area contributed by atoms with E-state index in [0.717, 1.165) is 24.7 Å². The smallest absolute Gasteiger partial charge is 0.194 e. The lowest BCUT2D eigenvalue weighted by Gasteiger charge is -2.28. The second-order valence-corrected chi connectivity index (χ2v) is 9.01. The maximum atomic E-state index is 15.1. The minimum Gasteiger partial charge on any atom is -0.206 e. The van der Waals surface area contributed by atoms with Crippen molar-refractivity contribution in [3.8, 4) is 11.1 Å². The van der Waals surface area contributed by atoms with Gasteiger partial charge in [-0.15, -0.1) is 0 Å². The largest absolute Gasteiger partial charge is 0.206 e. The van der Waals surface area contributed by atoms with E-state index in [1.165, 1.54) is 43.7 Å². The molecule has 1 fully saturated rings. The maximum Gasteiger partial charge on any atom is 0.194 e. The summed E-state index contributed by atoms with van der Waals surface area (Å²) in [4.78, 5) is 0. The van der Waals surface area contributed by atoms with Crippen molar-refractivity contribution in [1.29, 1.82) is 0 Å². The Bertz CT molecular complexity index is 976. The molecule has 0 unspecified atom stereocenters. The van der Waals surface area contributed by atoms with E-state index >= 15 is 4.39 Å². The summed E-state index contributed by atoms with van der Waals surface area (Å²) in [6.07, 6.45) is 11.4. The summed E-state index contributed by atoms with van der Waals surface area (Å²) < 4.78 is 70.3. The lowest BCUT2D eigenvalue weighted by Crippen LogP contribution is -2.14. The third-order valence-electron chi connectivity index (χ3n) is 7.10. The molecule has 0 bridgehead atoms. The molecule has 5 heteroatoms. The van der Waals surface area contributed by atoms with Crippen molar-refractivity contribution in [1.82, 2.24) is 0 Å². The Kier molecular flexibility index (Phi) is 6.49. The second kappa shape index (κ2) is 9.13. The number of benzene rings is 2. The van der Waals surface area contributed by atoms with Gasteiger partial charge in [0.15, 0.2) is 17.5 Å². The second-order valence-electron chi connectivity index (χ2n) is 9.01. The SMILES string of the molecule is CCC1CCC(CCC2=Cc3cc(F)c(-c4cc(F)c(F)c(F)c4)c(F)c3CC2)CC1. The summed E-state index contributed by atoms with van der Waals surface area (Å²) in [5, 5.41) is 0. The van der Waals surface area contributed by atoms with Crippen LogP contribution in [-0.2, 0) is 6.42 Å². The van der Waals surface area contributed by atoms with Crippen LogP contribution in [0.5, 0.6) is 0 Å². The highest BCUT2D eigenvalue weighted by Crippen LogP contribution is 2.38. The van der Waals surface area contributed by atoms with Crippen molar-refractivity contribution in [3.63, 3.8) is 0 Å². The monoisotopic (exact) mass is 434 g/mol. The molecule has 4 rings (SSSR count). The molecule has 0 spiro atoms. The Morgan fingerprint density at radius 1 is 0.774 bits per heavy atom. The number of halogens is 5. The Morgan fingerprint density at radius 3 is 2.06 bits per heavy atom. The lowest BCUT2D eigenvalue weighted by atomic mass is 9.78. The van der Waals surface area contributed by atoms with Crippen LogP contribution in [0.25, 0.3) is 17.2 Å². The molecule has 2 aromatic carbocycles. The molecule has 0 nitrogen and oxygen atoms in total. The van der Waals surface area contributed by atoms with Gasteiger partial charge in [0, 0.05) is 0 Å². The van der Waals surface area contributed by atoms with Gasteiger partial charge in [-0.05, 0) is 72.4 Å². The quantitative estimate of drug-likeness (QED) is 0.327. The average Bonchev–Trinajstić information content (AvgIpc) is 2.76. The van der Waals surface area contributed by atoms with Gasteiger partial charge in [0.2, 0.25) is 0 Å². The number of hydrogen-bond acceptors (Lipinski definition) is 0. The van der Waals surface area contributed by atoms with Crippen molar-refractivity contribution in [3.05, 3.63) is 64.0 Å². The molecular formula is C26H27F5. The molecule has 0 atom stereocenters. The lowest BCUT2D eigenvalue weighted by molar-refractivity contribution is 0.258. The first-order valence-corrected chi connectivity index (χ1v) is 11.2. The predicted molar refractivity (Wildman–Crippen MR) is 113 cm³/mol. The van der Waals surface area contributed by atoms with E-state index in [2.05, 4.69) is 6.92 Å². The summed E-state index contributed by atoms with van der Waals surface area (Å²) in [6.45, 7) is 2.25. The highest BCUT2D eigenvalue weighted by molar-refractivity contribution is 5.71. The molecule has 0 radical (unpaired) electrons. The standard InChI is InChI=1S/C26H27F5/c1-2-15-3-5-16(6-4-15)7-8-17-9-10-20-18(11-17)12-21(27)24(25(20)30)19-13-22(28)26(31)23(29)14-19/h11-16H,2-10H2,1H3. The van der Waals surface area contributed by atoms with Crippen molar-refractivity contribution >= 4 is 6.08 Å². The Labute approximate surface area is 180 Å². The zero-order valence-electron chi connectivity index (χ0n) is 17.7. The fraction of sp³-hybridized carbons (Fsp3) is 0.462. The van der Waals surface area contributed by atoms with Gasteiger partial charge in [0.05, 0.1) is 5.56 Å². The molecule has 31 heavy (non-hydrogen) atoms. The fourth-order valence-electron chi connectivity index (χ4n) is 5.12. The van der Waals surface area contributed by atoms with Gasteiger partial charge in [-0.2, -0.15) is 0 Å². The molecule has 2 aliphatic carbocycles. The van der Waals surface area contributed by atoms with Gasteiger partial charge in [-0.3, -0.25) is 0 Å². The van der Waals surface area contributed by atoms with Crippen LogP contribution in [-0.4, -0.2) is 0 Å². The van der Waals surface area contributed by atoms with Gasteiger partial charge in [0.25, 0.3) is 0 Å². The van der Waals surface area contributed by atoms with Crippen LogP contribution in [0, 0.1) is 40.9 Å². The van der Waals surface area contributed by atoms with Gasteiger partial charge in [-0.1, -0.05) is 50.7 Å². The zero-order chi connectivity index (χ0) is 22.1. The first-order valence-electron chi connectivity index (χ1n) is 11.2. The van der Waals surface area contributed by atoms with Gasteiger partial charge < -0.3 is 0 Å². The molecule has 0 aliphatic heterocycles. The molecule has 166 valence electrons. The summed E-state index contributed by atoms with van der Waals surface area (Å²) >= 11 is 0. The van der Waals surface area contributed by atoms with Crippen LogP contribution in [0.4, 0.5) is 22.0 Å². The Hall–Kier alpha value is -2.17. The van der Waals surface area contributed by atoms with Crippen LogP contribution in [0.2, 0.25) is 0 Å². The topological polar surface area (TPSA) is 0 Å². The molecular weight excluding hydrogens is 407 g/mol. The normalized spacial score (nSPS) is 21.0. The van der Waals surface area contributed by atoms with Crippen molar-refractivity contribution in [2.24, 2.45) is 11.8 Å². The average molecular weight is 434 g/mol. The summed E-state index contributed by atoms with van der Waals surface area (Å²) in [6, 6.07) is 2.48. The van der Waals surface area contributed by atoms with Crippen molar-refractivity contribution in [2.45, 2.75) is 64.7 Å². The molecule has 1 saturated carbocycles. The van der Waals surface area contributed by atoms with Crippen molar-refractivity contribution < 1.29 is 22.0 Å². The number of hydrogen-bond donors (Lipinski definition) is 0. The third kappa shape index (κ3) is 4.56. The Morgan fingerprint density at radius 2 is 1.42 bits per heavy atom. The first kappa shape index (κ1) is 22.0. The minimum atomic E-state index is -1.65. The summed E-state index contributed by atoms with van der Waals surface area (Å²) in [5.41, 5.74) is 1.16.